The Morgan fingerprint density at radius 3 is 2.17 bits per heavy atom. The minimum Gasteiger partial charge on any atom is -0.508 e. The van der Waals surface area contributed by atoms with Gasteiger partial charge in [-0.15, -0.1) is 0 Å². The van der Waals surface area contributed by atoms with Gasteiger partial charge in [-0.2, -0.15) is 30.7 Å². The molecule has 0 spiro atoms. The largest absolute Gasteiger partial charge is 0.508 e. The van der Waals surface area contributed by atoms with E-state index in [1.807, 2.05) is 0 Å². The Kier molecular flexibility index (Phi) is 6.21. The van der Waals surface area contributed by atoms with E-state index >= 15 is 0 Å². The van der Waals surface area contributed by atoms with Crippen LogP contribution in [-0.2, 0) is 6.54 Å². The van der Waals surface area contributed by atoms with E-state index in [0.29, 0.717) is 11.8 Å². The number of benzene rings is 2. The molecule has 0 saturated carbocycles. The lowest BCUT2D eigenvalue weighted by molar-refractivity contribution is -0.253. The summed E-state index contributed by atoms with van der Waals surface area (Å²) in [4.78, 5) is 0.469. The van der Waals surface area contributed by atoms with Gasteiger partial charge < -0.3 is 19.8 Å². The summed E-state index contributed by atoms with van der Waals surface area (Å²) in [5.41, 5.74) is -3.69. The molecule has 2 rings (SSSR count). The molecule has 0 saturated heterocycles. The van der Waals surface area contributed by atoms with Crippen LogP contribution in [0.5, 0.6) is 11.5 Å². The lowest BCUT2D eigenvalue weighted by Gasteiger charge is -2.40. The van der Waals surface area contributed by atoms with Crippen LogP contribution in [-0.4, -0.2) is 34.6 Å². The molecule has 0 radical (unpaired) electrons. The first-order chi connectivity index (χ1) is 13.2. The SMILES string of the molecule is CC(O)(N(Cc1cccc(OC(F)(F)C(F)F)c1)c1cccc(O)c1)C(F)(F)F. The smallest absolute Gasteiger partial charge is 0.461 e. The fourth-order valence-electron chi connectivity index (χ4n) is 2.40. The van der Waals surface area contributed by atoms with E-state index in [0.717, 1.165) is 24.3 Å². The van der Waals surface area contributed by atoms with E-state index in [2.05, 4.69) is 4.74 Å². The van der Waals surface area contributed by atoms with Crippen molar-refractivity contribution in [2.75, 3.05) is 4.90 Å². The van der Waals surface area contributed by atoms with Crippen LogP contribution >= 0.6 is 0 Å². The first kappa shape index (κ1) is 22.6. The quantitative estimate of drug-likeness (QED) is 0.487. The monoisotopic (exact) mass is 427 g/mol. The van der Waals surface area contributed by atoms with Gasteiger partial charge in [0.15, 0.2) is 0 Å². The number of halogens is 7. The highest BCUT2D eigenvalue weighted by Gasteiger charge is 2.54. The van der Waals surface area contributed by atoms with Crippen LogP contribution < -0.4 is 9.64 Å². The van der Waals surface area contributed by atoms with Gasteiger partial charge in [0.2, 0.25) is 5.72 Å². The Morgan fingerprint density at radius 2 is 1.62 bits per heavy atom. The number of rotatable bonds is 7. The number of hydrogen-bond acceptors (Lipinski definition) is 4. The van der Waals surface area contributed by atoms with E-state index in [9.17, 15) is 40.9 Å². The number of hydrogen-bond donors (Lipinski definition) is 2. The van der Waals surface area contributed by atoms with E-state index in [-0.39, 0.29) is 17.0 Å². The number of anilines is 1. The summed E-state index contributed by atoms with van der Waals surface area (Å²) in [5.74, 6) is -1.07. The summed E-state index contributed by atoms with van der Waals surface area (Å²) in [6.07, 6.45) is -14.0. The number of aliphatic hydroxyl groups is 1. The normalized spacial score (nSPS) is 14.6. The zero-order valence-corrected chi connectivity index (χ0v) is 14.8. The third-order valence-corrected chi connectivity index (χ3v) is 3.95. The van der Waals surface area contributed by atoms with Crippen LogP contribution in [0.25, 0.3) is 0 Å². The Balaban J connectivity index is 2.41. The first-order valence-corrected chi connectivity index (χ1v) is 8.04. The second kappa shape index (κ2) is 7.97. The van der Waals surface area contributed by atoms with Crippen LogP contribution in [0, 0.1) is 0 Å². The maximum Gasteiger partial charge on any atom is 0.461 e. The van der Waals surface area contributed by atoms with E-state index < -0.39 is 36.7 Å². The van der Waals surface area contributed by atoms with E-state index in [4.69, 9.17) is 0 Å². The Hall–Kier alpha value is -2.69. The molecular formula is C18H16F7NO3. The fraction of sp³-hybridized carbons (Fsp3) is 0.333. The average molecular weight is 427 g/mol. The Morgan fingerprint density at radius 1 is 1.00 bits per heavy atom. The van der Waals surface area contributed by atoms with E-state index in [1.165, 1.54) is 24.3 Å². The summed E-state index contributed by atoms with van der Waals surface area (Å²) < 4.78 is 94.9. The average Bonchev–Trinajstić information content (AvgIpc) is 2.58. The number of aromatic hydroxyl groups is 1. The molecule has 2 N–H and O–H groups in total. The lowest BCUT2D eigenvalue weighted by Crippen LogP contribution is -2.56. The van der Waals surface area contributed by atoms with Crippen molar-refractivity contribution in [2.24, 2.45) is 0 Å². The Bertz CT molecular complexity index is 840. The second-order valence-corrected chi connectivity index (χ2v) is 6.24. The summed E-state index contributed by atoms with van der Waals surface area (Å²) >= 11 is 0. The van der Waals surface area contributed by atoms with Crippen LogP contribution in [0.15, 0.2) is 48.5 Å². The molecule has 2 aromatic rings. The zero-order chi connectivity index (χ0) is 22.0. The molecule has 0 fully saturated rings. The molecule has 0 aliphatic rings. The number of nitrogens with zero attached hydrogens (tertiary/aromatic N) is 1. The maximum atomic E-state index is 13.4. The van der Waals surface area contributed by atoms with Crippen molar-refractivity contribution in [2.45, 2.75) is 37.9 Å². The van der Waals surface area contributed by atoms with Crippen molar-refractivity contribution in [1.29, 1.82) is 0 Å². The van der Waals surface area contributed by atoms with Gasteiger partial charge in [-0.25, -0.2) is 0 Å². The minimum absolute atomic E-state index is 0.0552. The summed E-state index contributed by atoms with van der Waals surface area (Å²) in [7, 11) is 0. The van der Waals surface area contributed by atoms with Crippen molar-refractivity contribution in [3.63, 3.8) is 0 Å². The van der Waals surface area contributed by atoms with E-state index in [1.54, 1.807) is 0 Å². The highest BCUT2D eigenvalue weighted by atomic mass is 19.4. The zero-order valence-electron chi connectivity index (χ0n) is 14.8. The van der Waals surface area contributed by atoms with Crippen molar-refractivity contribution < 1.29 is 45.7 Å². The third kappa shape index (κ3) is 5.22. The number of phenols is 1. The molecule has 29 heavy (non-hydrogen) atoms. The molecule has 0 aliphatic carbocycles. The molecule has 0 aliphatic heterocycles. The van der Waals surface area contributed by atoms with Crippen molar-refractivity contribution in [3.8, 4) is 11.5 Å². The molecule has 2 aromatic carbocycles. The van der Waals surface area contributed by atoms with Gasteiger partial charge in [-0.3, -0.25) is 0 Å². The third-order valence-electron chi connectivity index (χ3n) is 3.95. The van der Waals surface area contributed by atoms with Gasteiger partial charge in [0, 0.05) is 18.3 Å². The van der Waals surface area contributed by atoms with Gasteiger partial charge in [-0.05, 0) is 36.8 Å². The molecule has 0 bridgehead atoms. The summed E-state index contributed by atoms with van der Waals surface area (Å²) in [6, 6.07) is 8.72. The number of ether oxygens (including phenoxy) is 1. The topological polar surface area (TPSA) is 52.9 Å². The van der Waals surface area contributed by atoms with Crippen molar-refractivity contribution in [3.05, 3.63) is 54.1 Å². The Labute approximate surface area is 160 Å². The molecule has 11 heteroatoms. The second-order valence-electron chi connectivity index (χ2n) is 6.24. The highest BCUT2D eigenvalue weighted by Crippen LogP contribution is 2.38. The van der Waals surface area contributed by atoms with Gasteiger partial charge >= 0.3 is 18.7 Å². The molecule has 4 nitrogen and oxygen atoms in total. The molecule has 1 unspecified atom stereocenters. The molecule has 0 amide bonds. The molecule has 1 atom stereocenters. The molecule has 0 aromatic heterocycles. The van der Waals surface area contributed by atoms with Gasteiger partial charge in [0.05, 0.1) is 0 Å². The van der Waals surface area contributed by atoms with Crippen LogP contribution in [0.4, 0.5) is 36.4 Å². The van der Waals surface area contributed by atoms with Crippen molar-refractivity contribution in [1.82, 2.24) is 0 Å². The first-order valence-electron chi connectivity index (χ1n) is 8.04. The van der Waals surface area contributed by atoms with Crippen molar-refractivity contribution >= 4 is 5.69 Å². The summed E-state index contributed by atoms with van der Waals surface area (Å²) in [6.45, 7) is -0.199. The van der Waals surface area contributed by atoms with Gasteiger partial charge in [0.25, 0.3) is 0 Å². The number of alkyl halides is 7. The van der Waals surface area contributed by atoms with Crippen LogP contribution in [0.3, 0.4) is 0 Å². The number of phenolic OH excluding ortho intramolecular Hbond substituents is 1. The van der Waals surface area contributed by atoms with Crippen LogP contribution in [0.2, 0.25) is 0 Å². The molecule has 160 valence electrons. The predicted molar refractivity (Wildman–Crippen MR) is 89.0 cm³/mol. The van der Waals surface area contributed by atoms with Gasteiger partial charge in [-0.1, -0.05) is 18.2 Å². The summed E-state index contributed by atoms with van der Waals surface area (Å²) in [5, 5.41) is 19.7. The fourth-order valence-corrected chi connectivity index (χ4v) is 2.40. The van der Waals surface area contributed by atoms with Crippen LogP contribution in [0.1, 0.15) is 12.5 Å². The molecular weight excluding hydrogens is 411 g/mol. The predicted octanol–water partition coefficient (Wildman–Crippen LogP) is 4.91. The standard InChI is InChI=1S/C18H16F7NO3/c1-16(28,18(23,24)25)26(12-5-3-6-13(27)9-12)10-11-4-2-7-14(8-11)29-17(21,22)15(19)20/h2-9,15,27-28H,10H2,1H3. The molecule has 0 heterocycles. The lowest BCUT2D eigenvalue weighted by atomic mass is 10.1. The van der Waals surface area contributed by atoms with Gasteiger partial charge in [0.1, 0.15) is 11.5 Å². The maximum absolute atomic E-state index is 13.4. The highest BCUT2D eigenvalue weighted by molar-refractivity contribution is 5.53. The minimum atomic E-state index is -5.13.